The van der Waals surface area contributed by atoms with Crippen LogP contribution < -0.4 is 0 Å². The largest absolute Gasteiger partial charge is 0.297 e. The monoisotopic (exact) mass is 472 g/mol. The standard InChI is InChI=1S/C29H40N6/c1-28(2,3)23-29(4,5)35-27(30-31-32-35)26(25-16-10-7-11-17-25)34-21-19-33(20-22-34)18-12-15-24-13-8-6-9-14-24/h6-17,26H,18-23H2,1-5H3/b15-12+/t26-/m1/s1. The van der Waals surface area contributed by atoms with Gasteiger partial charge in [0, 0.05) is 32.7 Å². The number of rotatable bonds is 8. The average molecular weight is 473 g/mol. The smallest absolute Gasteiger partial charge is 0.173 e. The van der Waals surface area contributed by atoms with Gasteiger partial charge in [0.2, 0.25) is 0 Å². The van der Waals surface area contributed by atoms with E-state index in [1.165, 1.54) is 11.1 Å². The zero-order chi connectivity index (χ0) is 24.9. The topological polar surface area (TPSA) is 50.1 Å². The van der Waals surface area contributed by atoms with Crippen LogP contribution in [-0.2, 0) is 5.54 Å². The number of benzene rings is 2. The van der Waals surface area contributed by atoms with Gasteiger partial charge in [-0.1, -0.05) is 93.6 Å². The molecule has 0 amide bonds. The zero-order valence-corrected chi connectivity index (χ0v) is 21.9. The van der Waals surface area contributed by atoms with Crippen LogP contribution >= 0.6 is 0 Å². The Hall–Kier alpha value is -2.83. The van der Waals surface area contributed by atoms with Crippen LogP contribution in [0.3, 0.4) is 0 Å². The molecule has 0 spiro atoms. The van der Waals surface area contributed by atoms with E-state index in [1.54, 1.807) is 0 Å². The average Bonchev–Trinajstić information content (AvgIpc) is 3.31. The second-order valence-corrected chi connectivity index (χ2v) is 11.5. The highest BCUT2D eigenvalue weighted by Crippen LogP contribution is 2.35. The van der Waals surface area contributed by atoms with E-state index in [4.69, 9.17) is 0 Å². The SMILES string of the molecule is CC(C)(C)CC(C)(C)n1nnnc1[C@@H](c1ccccc1)N1CCN(C/C=C/c2ccccc2)CC1. The molecule has 186 valence electrons. The Balaban J connectivity index is 1.51. The van der Waals surface area contributed by atoms with Gasteiger partial charge < -0.3 is 0 Å². The van der Waals surface area contributed by atoms with Gasteiger partial charge in [-0.15, -0.1) is 5.10 Å². The van der Waals surface area contributed by atoms with Gasteiger partial charge in [-0.05, 0) is 47.2 Å². The van der Waals surface area contributed by atoms with Crippen LogP contribution in [0.25, 0.3) is 6.08 Å². The van der Waals surface area contributed by atoms with Crippen molar-refractivity contribution < 1.29 is 0 Å². The van der Waals surface area contributed by atoms with E-state index < -0.39 is 0 Å². The zero-order valence-electron chi connectivity index (χ0n) is 21.9. The second kappa shape index (κ2) is 10.8. The van der Waals surface area contributed by atoms with Crippen LogP contribution in [-0.4, -0.2) is 62.7 Å². The molecule has 2 aromatic carbocycles. The summed E-state index contributed by atoms with van der Waals surface area (Å²) in [6, 6.07) is 21.2. The van der Waals surface area contributed by atoms with Crippen molar-refractivity contribution in [3.05, 3.63) is 83.7 Å². The maximum Gasteiger partial charge on any atom is 0.173 e. The van der Waals surface area contributed by atoms with E-state index in [1.807, 2.05) is 0 Å². The van der Waals surface area contributed by atoms with Crippen molar-refractivity contribution >= 4 is 6.08 Å². The third-order valence-corrected chi connectivity index (χ3v) is 6.64. The van der Waals surface area contributed by atoms with Crippen molar-refractivity contribution in [2.75, 3.05) is 32.7 Å². The number of aromatic nitrogens is 4. The van der Waals surface area contributed by atoms with E-state index in [-0.39, 0.29) is 17.0 Å². The summed E-state index contributed by atoms with van der Waals surface area (Å²) < 4.78 is 2.07. The first-order valence-electron chi connectivity index (χ1n) is 12.7. The Morgan fingerprint density at radius 1 is 0.857 bits per heavy atom. The molecule has 6 nitrogen and oxygen atoms in total. The number of piperazine rings is 1. The molecule has 1 aliphatic rings. The van der Waals surface area contributed by atoms with Crippen molar-refractivity contribution in [2.24, 2.45) is 5.41 Å². The van der Waals surface area contributed by atoms with E-state index in [2.05, 4.69) is 137 Å². The predicted octanol–water partition coefficient (Wildman–Crippen LogP) is 5.26. The first kappa shape index (κ1) is 25.3. The van der Waals surface area contributed by atoms with Crippen LogP contribution in [0.2, 0.25) is 0 Å². The van der Waals surface area contributed by atoms with Crippen molar-refractivity contribution in [3.63, 3.8) is 0 Å². The third kappa shape index (κ3) is 6.65. The van der Waals surface area contributed by atoms with Crippen LogP contribution in [0, 0.1) is 5.41 Å². The summed E-state index contributed by atoms with van der Waals surface area (Å²) in [6.07, 6.45) is 5.47. The van der Waals surface area contributed by atoms with Crippen LogP contribution in [0.5, 0.6) is 0 Å². The molecule has 0 radical (unpaired) electrons. The van der Waals surface area contributed by atoms with Crippen LogP contribution in [0.1, 0.15) is 64.0 Å². The molecule has 35 heavy (non-hydrogen) atoms. The Labute approximate surface area is 210 Å². The maximum atomic E-state index is 4.60. The summed E-state index contributed by atoms with van der Waals surface area (Å²) in [5.41, 5.74) is 2.48. The van der Waals surface area contributed by atoms with E-state index in [9.17, 15) is 0 Å². The first-order valence-corrected chi connectivity index (χ1v) is 12.7. The maximum absolute atomic E-state index is 4.60. The van der Waals surface area contributed by atoms with Gasteiger partial charge in [0.15, 0.2) is 5.82 Å². The quantitative estimate of drug-likeness (QED) is 0.447. The molecular formula is C29H40N6. The highest BCUT2D eigenvalue weighted by molar-refractivity contribution is 5.48. The van der Waals surface area contributed by atoms with Crippen molar-refractivity contribution in [3.8, 4) is 0 Å². The molecule has 2 heterocycles. The van der Waals surface area contributed by atoms with Gasteiger partial charge in [0.1, 0.15) is 0 Å². The minimum atomic E-state index is -0.186. The van der Waals surface area contributed by atoms with E-state index in [0.717, 1.165) is 45.0 Å². The van der Waals surface area contributed by atoms with Gasteiger partial charge in [-0.3, -0.25) is 9.80 Å². The highest BCUT2D eigenvalue weighted by Gasteiger charge is 2.36. The molecule has 1 fully saturated rings. The Morgan fingerprint density at radius 3 is 2.11 bits per heavy atom. The number of hydrogen-bond donors (Lipinski definition) is 0. The lowest BCUT2D eigenvalue weighted by Crippen LogP contribution is -2.48. The van der Waals surface area contributed by atoms with Gasteiger partial charge in [-0.2, -0.15) is 0 Å². The summed E-state index contributed by atoms with van der Waals surface area (Å²) in [4.78, 5) is 5.06. The summed E-state index contributed by atoms with van der Waals surface area (Å²) >= 11 is 0. The van der Waals surface area contributed by atoms with Crippen molar-refractivity contribution in [1.29, 1.82) is 0 Å². The Morgan fingerprint density at radius 2 is 1.49 bits per heavy atom. The lowest BCUT2D eigenvalue weighted by Gasteiger charge is -2.40. The van der Waals surface area contributed by atoms with E-state index >= 15 is 0 Å². The molecule has 0 unspecified atom stereocenters. The van der Waals surface area contributed by atoms with Gasteiger partial charge in [0.05, 0.1) is 11.6 Å². The minimum absolute atomic E-state index is 0.0347. The fraction of sp³-hybridized carbons (Fsp3) is 0.483. The molecule has 1 aliphatic heterocycles. The summed E-state index contributed by atoms with van der Waals surface area (Å²) in [5, 5.41) is 13.3. The first-order chi connectivity index (χ1) is 16.7. The molecule has 4 rings (SSSR count). The van der Waals surface area contributed by atoms with Crippen molar-refractivity contribution in [1.82, 2.24) is 30.0 Å². The molecule has 1 aromatic heterocycles. The summed E-state index contributed by atoms with van der Waals surface area (Å²) in [6.45, 7) is 16.3. The molecular weight excluding hydrogens is 432 g/mol. The highest BCUT2D eigenvalue weighted by atomic mass is 15.6. The van der Waals surface area contributed by atoms with Crippen molar-refractivity contribution in [2.45, 2.75) is 52.6 Å². The third-order valence-electron chi connectivity index (χ3n) is 6.64. The molecule has 1 atom stereocenters. The molecule has 0 aliphatic carbocycles. The lowest BCUT2D eigenvalue weighted by molar-refractivity contribution is 0.106. The fourth-order valence-electron chi connectivity index (χ4n) is 5.43. The normalized spacial score (nSPS) is 17.2. The molecule has 3 aromatic rings. The predicted molar refractivity (Wildman–Crippen MR) is 143 cm³/mol. The summed E-state index contributed by atoms with van der Waals surface area (Å²) in [5.74, 6) is 0.933. The molecule has 6 heteroatoms. The Bertz CT molecular complexity index is 1070. The van der Waals surface area contributed by atoms with Crippen LogP contribution in [0.15, 0.2) is 66.7 Å². The van der Waals surface area contributed by atoms with Gasteiger partial charge >= 0.3 is 0 Å². The lowest BCUT2D eigenvalue weighted by atomic mass is 9.81. The van der Waals surface area contributed by atoms with Crippen LogP contribution in [0.4, 0.5) is 0 Å². The summed E-state index contributed by atoms with van der Waals surface area (Å²) in [7, 11) is 0. The Kier molecular flexibility index (Phi) is 7.82. The number of nitrogens with zero attached hydrogens (tertiary/aromatic N) is 6. The molecule has 0 N–H and O–H groups in total. The van der Waals surface area contributed by atoms with E-state index in [0.29, 0.717) is 0 Å². The molecule has 0 saturated carbocycles. The van der Waals surface area contributed by atoms with Gasteiger partial charge in [0.25, 0.3) is 0 Å². The minimum Gasteiger partial charge on any atom is -0.297 e. The van der Waals surface area contributed by atoms with Gasteiger partial charge in [-0.25, -0.2) is 4.68 Å². The number of tetrazole rings is 1. The fourth-order valence-corrected chi connectivity index (χ4v) is 5.43. The molecule has 1 saturated heterocycles. The number of hydrogen-bond acceptors (Lipinski definition) is 5. The second-order valence-electron chi connectivity index (χ2n) is 11.5. The molecule has 0 bridgehead atoms.